The molecule has 10 heteroatoms. The maximum absolute atomic E-state index is 12.8. The van der Waals surface area contributed by atoms with E-state index in [2.05, 4.69) is 74.6 Å². The van der Waals surface area contributed by atoms with E-state index in [9.17, 15) is 19.0 Å². The summed E-state index contributed by atoms with van der Waals surface area (Å²) in [7, 11) is -4.40. The van der Waals surface area contributed by atoms with E-state index in [1.54, 1.807) is 0 Å². The number of carbonyl (C=O) groups excluding carboxylic acids is 2. The third-order valence-electron chi connectivity index (χ3n) is 20.2. The molecule has 0 spiro atoms. The van der Waals surface area contributed by atoms with Gasteiger partial charge in [0.05, 0.1) is 13.2 Å². The molecule has 0 aromatic carbocycles. The zero-order chi connectivity index (χ0) is 72.2. The van der Waals surface area contributed by atoms with E-state index >= 15 is 0 Å². The molecule has 0 amide bonds. The molecule has 0 saturated carbocycles. The van der Waals surface area contributed by atoms with Crippen molar-refractivity contribution in [3.63, 3.8) is 0 Å². The van der Waals surface area contributed by atoms with Crippen molar-refractivity contribution in [3.05, 3.63) is 60.8 Å². The predicted octanol–water partition coefficient (Wildman–Crippen LogP) is 30.1. The molecule has 0 radical (unpaired) electrons. The number of ether oxygens (including phenoxy) is 2. The average Bonchev–Trinajstić information content (AvgIpc) is 1.01. The summed E-state index contributed by atoms with van der Waals surface area (Å²) >= 11 is 0. The van der Waals surface area contributed by atoms with E-state index in [1.807, 2.05) is 0 Å². The first-order valence-electron chi connectivity index (χ1n) is 44.3. The lowest BCUT2D eigenvalue weighted by Gasteiger charge is -2.19. The van der Waals surface area contributed by atoms with E-state index in [4.69, 9.17) is 24.3 Å². The minimum absolute atomic E-state index is 0.0561. The fourth-order valence-corrected chi connectivity index (χ4v) is 14.4. The number of phosphoric acid groups is 1. The van der Waals surface area contributed by atoms with Crippen LogP contribution in [0.3, 0.4) is 0 Å². The second-order valence-corrected chi connectivity index (χ2v) is 31.6. The Morgan fingerprint density at radius 3 is 0.820 bits per heavy atom. The highest BCUT2D eigenvalue weighted by Gasteiger charge is 2.26. The summed E-state index contributed by atoms with van der Waals surface area (Å²) in [6.45, 7) is 3.72. The first-order valence-corrected chi connectivity index (χ1v) is 45.8. The molecule has 9 nitrogen and oxygen atoms in total. The highest BCUT2D eigenvalue weighted by molar-refractivity contribution is 7.47. The molecule has 0 bridgehead atoms. The van der Waals surface area contributed by atoms with Crippen molar-refractivity contribution >= 4 is 19.8 Å². The predicted molar refractivity (Wildman–Crippen MR) is 436 cm³/mol. The number of esters is 2. The Balaban J connectivity index is 3.70. The SMILES string of the molecule is CC/C=C\C/C=C\C/C=C\C/C=C\C/C=C\CCCCCCCCCCCCCCCCCCCCCCCCCC(=O)OC(COC(=O)CCCCCCCCCCCCCCCCCCCCCCCCCCCCCCCCCCCCCCCCCC)COP(=O)(O)OCCN. The molecule has 0 heterocycles. The van der Waals surface area contributed by atoms with Gasteiger partial charge in [-0.3, -0.25) is 18.6 Å². The van der Waals surface area contributed by atoms with E-state index in [1.165, 1.54) is 372 Å². The van der Waals surface area contributed by atoms with Crippen molar-refractivity contribution in [1.29, 1.82) is 0 Å². The summed E-state index contributed by atoms with van der Waals surface area (Å²) in [5, 5.41) is 0. The van der Waals surface area contributed by atoms with Gasteiger partial charge in [0.1, 0.15) is 6.61 Å². The van der Waals surface area contributed by atoms with Crippen LogP contribution in [-0.4, -0.2) is 49.3 Å². The molecular weight excluding hydrogens is 1250 g/mol. The van der Waals surface area contributed by atoms with Crippen LogP contribution >= 0.6 is 7.82 Å². The Labute approximate surface area is 622 Å². The summed E-state index contributed by atoms with van der Waals surface area (Å²) in [6.07, 6.45) is 114. The molecule has 0 saturated heterocycles. The van der Waals surface area contributed by atoms with Crippen LogP contribution in [-0.2, 0) is 32.7 Å². The molecule has 0 aromatic heterocycles. The highest BCUT2D eigenvalue weighted by Crippen LogP contribution is 2.43. The molecule has 0 aliphatic heterocycles. The zero-order valence-electron chi connectivity index (χ0n) is 66.7. The second-order valence-electron chi connectivity index (χ2n) is 30.1. The van der Waals surface area contributed by atoms with Crippen molar-refractivity contribution in [2.75, 3.05) is 26.4 Å². The Morgan fingerprint density at radius 2 is 0.550 bits per heavy atom. The number of nitrogens with two attached hydrogens (primary N) is 1. The van der Waals surface area contributed by atoms with Crippen LogP contribution in [0.5, 0.6) is 0 Å². The fraction of sp³-hybridized carbons (Fsp3) is 0.867. The van der Waals surface area contributed by atoms with Crippen molar-refractivity contribution < 1.29 is 37.6 Å². The van der Waals surface area contributed by atoms with Crippen molar-refractivity contribution in [2.45, 2.75) is 476 Å². The van der Waals surface area contributed by atoms with E-state index in [0.29, 0.717) is 6.42 Å². The molecule has 0 aliphatic carbocycles. The van der Waals surface area contributed by atoms with Gasteiger partial charge in [0, 0.05) is 19.4 Å². The van der Waals surface area contributed by atoms with E-state index in [-0.39, 0.29) is 38.6 Å². The van der Waals surface area contributed by atoms with Crippen LogP contribution in [0.2, 0.25) is 0 Å². The number of hydrogen-bond acceptors (Lipinski definition) is 8. The van der Waals surface area contributed by atoms with Gasteiger partial charge < -0.3 is 20.1 Å². The number of rotatable bonds is 85. The molecule has 0 rings (SSSR count). The van der Waals surface area contributed by atoms with Gasteiger partial charge in [-0.1, -0.05) is 460 Å². The van der Waals surface area contributed by atoms with Crippen molar-refractivity contribution in [2.24, 2.45) is 5.73 Å². The average molecular weight is 1430 g/mol. The molecule has 2 atom stereocenters. The Kier molecular flexibility index (Phi) is 83.7. The molecule has 2 unspecified atom stereocenters. The van der Waals surface area contributed by atoms with Gasteiger partial charge in [-0.15, -0.1) is 0 Å². The minimum atomic E-state index is -4.40. The first-order chi connectivity index (χ1) is 49.3. The van der Waals surface area contributed by atoms with Gasteiger partial charge in [-0.05, 0) is 57.8 Å². The Bertz CT molecular complexity index is 1830. The molecular formula is C90H170NO8P. The quantitative estimate of drug-likeness (QED) is 0.0264. The minimum Gasteiger partial charge on any atom is -0.462 e. The maximum Gasteiger partial charge on any atom is 0.472 e. The molecule has 0 aliphatic rings. The van der Waals surface area contributed by atoms with Crippen molar-refractivity contribution in [3.8, 4) is 0 Å². The maximum atomic E-state index is 12.8. The van der Waals surface area contributed by atoms with Gasteiger partial charge in [-0.2, -0.15) is 0 Å². The van der Waals surface area contributed by atoms with Crippen LogP contribution in [0, 0.1) is 0 Å². The summed E-state index contributed by atoms with van der Waals surface area (Å²) in [5.74, 6) is -0.800. The van der Waals surface area contributed by atoms with E-state index in [0.717, 1.165) is 64.2 Å². The van der Waals surface area contributed by atoms with Crippen LogP contribution in [0.4, 0.5) is 0 Å². The molecule has 588 valence electrons. The molecule has 100 heavy (non-hydrogen) atoms. The third-order valence-corrected chi connectivity index (χ3v) is 21.2. The van der Waals surface area contributed by atoms with Gasteiger partial charge in [0.2, 0.25) is 0 Å². The number of phosphoric ester groups is 1. The Hall–Kier alpha value is -2.29. The highest BCUT2D eigenvalue weighted by atomic mass is 31.2. The standard InChI is InChI=1S/C90H170NO8P/c1-3-5-7-9-11-13-15-17-19-21-23-25-27-29-31-33-35-37-39-41-43-45-46-48-50-52-54-56-58-60-62-64-66-68-70-72-74-76-78-80-82-89(92)96-86-88(87-98-100(94,95)97-85-84-91)99-90(93)83-81-79-77-75-73-71-69-67-65-63-61-59-57-55-53-51-49-47-44-42-40-38-36-34-32-30-28-26-24-22-20-18-16-14-12-10-8-6-4-2/h6,8,12,14,18,20,24,26,30,32,88H,3-5,7,9-11,13,15-17,19,21-23,25,27-29,31,33-87,91H2,1-2H3,(H,94,95)/b8-6-,14-12-,20-18-,26-24-,32-30-. The van der Waals surface area contributed by atoms with Gasteiger partial charge in [-0.25, -0.2) is 4.57 Å². The largest absolute Gasteiger partial charge is 0.472 e. The number of hydrogen-bond donors (Lipinski definition) is 2. The van der Waals surface area contributed by atoms with E-state index < -0.39 is 26.5 Å². The third kappa shape index (κ3) is 84.6. The lowest BCUT2D eigenvalue weighted by atomic mass is 10.0. The summed E-state index contributed by atoms with van der Waals surface area (Å²) in [5.41, 5.74) is 5.43. The lowest BCUT2D eigenvalue weighted by molar-refractivity contribution is -0.161. The lowest BCUT2D eigenvalue weighted by Crippen LogP contribution is -2.29. The summed E-state index contributed by atoms with van der Waals surface area (Å²) in [4.78, 5) is 35.5. The number of unbranched alkanes of at least 4 members (excludes halogenated alkanes) is 62. The van der Waals surface area contributed by atoms with Crippen LogP contribution in [0.25, 0.3) is 0 Å². The van der Waals surface area contributed by atoms with Crippen LogP contribution < -0.4 is 5.73 Å². The topological polar surface area (TPSA) is 134 Å². The fourth-order valence-electron chi connectivity index (χ4n) is 13.7. The van der Waals surface area contributed by atoms with Crippen molar-refractivity contribution in [1.82, 2.24) is 0 Å². The summed E-state index contributed by atoms with van der Waals surface area (Å²) < 4.78 is 33.3. The Morgan fingerprint density at radius 1 is 0.310 bits per heavy atom. The van der Waals surface area contributed by atoms with Crippen LogP contribution in [0.15, 0.2) is 60.8 Å². The van der Waals surface area contributed by atoms with Gasteiger partial charge in [0.25, 0.3) is 0 Å². The van der Waals surface area contributed by atoms with Gasteiger partial charge in [0.15, 0.2) is 6.10 Å². The molecule has 0 aromatic rings. The first kappa shape index (κ1) is 97.7. The zero-order valence-corrected chi connectivity index (χ0v) is 67.6. The summed E-state index contributed by atoms with van der Waals surface area (Å²) in [6, 6.07) is 0. The monoisotopic (exact) mass is 1420 g/mol. The molecule has 0 fully saturated rings. The number of carbonyl (C=O) groups is 2. The normalized spacial score (nSPS) is 13.0. The smallest absolute Gasteiger partial charge is 0.462 e. The molecule has 3 N–H and O–H groups in total. The van der Waals surface area contributed by atoms with Crippen LogP contribution in [0.1, 0.15) is 470 Å². The second kappa shape index (κ2) is 85.6. The number of allylic oxidation sites excluding steroid dienone is 10. The van der Waals surface area contributed by atoms with Gasteiger partial charge >= 0.3 is 19.8 Å².